The van der Waals surface area contributed by atoms with E-state index in [0.717, 1.165) is 12.1 Å². The van der Waals surface area contributed by atoms with Gasteiger partial charge in [0.15, 0.2) is 15.0 Å². The highest BCUT2D eigenvalue weighted by Gasteiger charge is 2.49. The third kappa shape index (κ3) is 4.35. The van der Waals surface area contributed by atoms with Crippen LogP contribution < -0.4 is 4.90 Å². The summed E-state index contributed by atoms with van der Waals surface area (Å²) in [4.78, 5) is 18.8. The van der Waals surface area contributed by atoms with E-state index in [2.05, 4.69) is 4.99 Å². The predicted octanol–water partition coefficient (Wildman–Crippen LogP) is 3.91. The van der Waals surface area contributed by atoms with Crippen LogP contribution in [0.25, 0.3) is 0 Å². The van der Waals surface area contributed by atoms with Gasteiger partial charge in [0.1, 0.15) is 0 Å². The Labute approximate surface area is 169 Å². The second-order valence-corrected chi connectivity index (χ2v) is 11.4. The molecule has 27 heavy (non-hydrogen) atoms. The van der Waals surface area contributed by atoms with E-state index in [9.17, 15) is 13.2 Å². The minimum atomic E-state index is -3.07. The van der Waals surface area contributed by atoms with Gasteiger partial charge in [-0.3, -0.25) is 4.79 Å². The second-order valence-electron chi connectivity index (χ2n) is 7.63. The van der Waals surface area contributed by atoms with Gasteiger partial charge in [-0.1, -0.05) is 55.1 Å². The lowest BCUT2D eigenvalue weighted by molar-refractivity contribution is -0.118. The minimum Gasteiger partial charge on any atom is -0.316 e. The number of halogens is 1. The number of hydrogen-bond acceptors (Lipinski definition) is 4. The number of anilines is 1. The number of hydrogen-bond donors (Lipinski definition) is 0. The van der Waals surface area contributed by atoms with Crippen LogP contribution in [0.3, 0.4) is 0 Å². The normalized spacial score (nSPS) is 28.8. The van der Waals surface area contributed by atoms with Crippen molar-refractivity contribution in [2.75, 3.05) is 16.4 Å². The Morgan fingerprint density at radius 3 is 2.78 bits per heavy atom. The van der Waals surface area contributed by atoms with Gasteiger partial charge in [-0.05, 0) is 30.5 Å². The molecular formula is C19H23ClN2O3S2. The van der Waals surface area contributed by atoms with E-state index in [-0.39, 0.29) is 28.7 Å². The fraction of sp³-hybridized carbons (Fsp3) is 0.579. The molecule has 2 heterocycles. The molecule has 0 bridgehead atoms. The molecule has 1 saturated carbocycles. The van der Waals surface area contributed by atoms with E-state index in [1.165, 1.54) is 37.4 Å². The molecule has 4 rings (SSSR count). The van der Waals surface area contributed by atoms with Gasteiger partial charge in [0, 0.05) is 22.4 Å². The summed E-state index contributed by atoms with van der Waals surface area (Å²) in [7, 11) is -3.07. The van der Waals surface area contributed by atoms with Gasteiger partial charge in [-0.25, -0.2) is 8.42 Å². The molecule has 1 amide bonds. The third-order valence-electron chi connectivity index (χ3n) is 5.61. The molecule has 0 N–H and O–H groups in total. The molecule has 2 aliphatic heterocycles. The van der Waals surface area contributed by atoms with Crippen LogP contribution in [0.2, 0.25) is 5.02 Å². The maximum atomic E-state index is 12.5. The Morgan fingerprint density at radius 1 is 1.26 bits per heavy atom. The molecule has 2 atom stereocenters. The van der Waals surface area contributed by atoms with Gasteiger partial charge in [-0.15, -0.1) is 0 Å². The van der Waals surface area contributed by atoms with Crippen LogP contribution in [-0.4, -0.2) is 42.3 Å². The Bertz CT molecular complexity index is 865. The monoisotopic (exact) mass is 426 g/mol. The first kappa shape index (κ1) is 19.3. The van der Waals surface area contributed by atoms with Crippen LogP contribution in [0.5, 0.6) is 0 Å². The molecule has 5 nitrogen and oxygen atoms in total. The molecule has 0 aromatic heterocycles. The summed E-state index contributed by atoms with van der Waals surface area (Å²) in [6.07, 6.45) is 6.34. The first-order valence-corrected chi connectivity index (χ1v) is 12.5. The number of benzene rings is 1. The maximum absolute atomic E-state index is 12.5. The molecule has 1 aliphatic carbocycles. The summed E-state index contributed by atoms with van der Waals surface area (Å²) in [6.45, 7) is 0. The summed E-state index contributed by atoms with van der Waals surface area (Å²) < 4.78 is 24.2. The average Bonchev–Trinajstić information content (AvgIpc) is 3.27. The van der Waals surface area contributed by atoms with Crippen LogP contribution in [-0.2, 0) is 14.6 Å². The first-order chi connectivity index (χ1) is 12.9. The van der Waals surface area contributed by atoms with Crippen LogP contribution in [0.15, 0.2) is 29.3 Å². The van der Waals surface area contributed by atoms with E-state index < -0.39 is 9.84 Å². The van der Waals surface area contributed by atoms with Crippen molar-refractivity contribution in [1.82, 2.24) is 0 Å². The van der Waals surface area contributed by atoms with Gasteiger partial charge < -0.3 is 4.90 Å². The molecule has 8 heteroatoms. The quantitative estimate of drug-likeness (QED) is 0.730. The van der Waals surface area contributed by atoms with Crippen molar-refractivity contribution < 1.29 is 13.2 Å². The maximum Gasteiger partial charge on any atom is 0.248 e. The standard InChI is InChI=1S/C19H23ClN2O3S2/c20-14-6-3-7-15(10-14)22-16-11-27(24,25)12-17(16)26-19(22)21-18(23)9-8-13-4-1-2-5-13/h3,6-7,10,13,16-17H,1-2,4-5,8-9,11-12H2. The van der Waals surface area contributed by atoms with E-state index in [0.29, 0.717) is 22.5 Å². The van der Waals surface area contributed by atoms with Crippen LogP contribution in [0.1, 0.15) is 38.5 Å². The van der Waals surface area contributed by atoms with Crippen molar-refractivity contribution in [3.63, 3.8) is 0 Å². The lowest BCUT2D eigenvalue weighted by Crippen LogP contribution is -2.37. The third-order valence-corrected chi connectivity index (χ3v) is 9.06. The Hall–Kier alpha value is -1.05. The van der Waals surface area contributed by atoms with Crippen molar-refractivity contribution in [3.05, 3.63) is 29.3 Å². The number of nitrogens with zero attached hydrogens (tertiary/aromatic N) is 2. The molecule has 3 aliphatic rings. The van der Waals surface area contributed by atoms with Crippen molar-refractivity contribution in [2.45, 2.75) is 49.8 Å². The van der Waals surface area contributed by atoms with E-state index in [1.54, 1.807) is 12.1 Å². The van der Waals surface area contributed by atoms with E-state index >= 15 is 0 Å². The molecule has 146 valence electrons. The van der Waals surface area contributed by atoms with Gasteiger partial charge in [-0.2, -0.15) is 4.99 Å². The number of rotatable bonds is 4. The Balaban J connectivity index is 1.55. The summed E-state index contributed by atoms with van der Waals surface area (Å²) in [5.74, 6) is 0.763. The van der Waals surface area contributed by atoms with Gasteiger partial charge in [0.25, 0.3) is 0 Å². The molecule has 0 radical (unpaired) electrons. The van der Waals surface area contributed by atoms with Gasteiger partial charge in [0.2, 0.25) is 5.91 Å². The van der Waals surface area contributed by atoms with Crippen molar-refractivity contribution >= 4 is 50.0 Å². The molecule has 1 aromatic carbocycles. The lowest BCUT2D eigenvalue weighted by atomic mass is 10.0. The van der Waals surface area contributed by atoms with Crippen LogP contribution >= 0.6 is 23.4 Å². The van der Waals surface area contributed by atoms with Crippen molar-refractivity contribution in [1.29, 1.82) is 0 Å². The number of fused-ring (bicyclic) bond motifs is 1. The zero-order valence-electron chi connectivity index (χ0n) is 15.0. The van der Waals surface area contributed by atoms with E-state index in [4.69, 9.17) is 11.6 Å². The summed E-state index contributed by atoms with van der Waals surface area (Å²) in [6, 6.07) is 7.10. The number of aliphatic imine (C=N–C) groups is 1. The largest absolute Gasteiger partial charge is 0.316 e. The first-order valence-electron chi connectivity index (χ1n) is 9.45. The topological polar surface area (TPSA) is 66.8 Å². The molecule has 3 fully saturated rings. The number of amides is 1. The molecular weight excluding hydrogens is 404 g/mol. The SMILES string of the molecule is O=C(CCC1CCCC1)N=C1SC2CS(=O)(=O)CC2N1c1cccc(Cl)c1. The summed E-state index contributed by atoms with van der Waals surface area (Å²) >= 11 is 7.55. The number of sulfone groups is 1. The highest BCUT2D eigenvalue weighted by atomic mass is 35.5. The molecule has 0 spiro atoms. The fourth-order valence-electron chi connectivity index (χ4n) is 4.28. The lowest BCUT2D eigenvalue weighted by Gasteiger charge is -2.24. The molecule has 2 saturated heterocycles. The highest BCUT2D eigenvalue weighted by Crippen LogP contribution is 2.41. The highest BCUT2D eigenvalue weighted by molar-refractivity contribution is 8.16. The zero-order chi connectivity index (χ0) is 19.0. The van der Waals surface area contributed by atoms with Crippen LogP contribution in [0.4, 0.5) is 5.69 Å². The number of amidine groups is 1. The molecule has 1 aromatic rings. The summed E-state index contributed by atoms with van der Waals surface area (Å²) in [5, 5.41) is 1.10. The fourth-order valence-corrected chi connectivity index (χ4v) is 8.40. The predicted molar refractivity (Wildman–Crippen MR) is 111 cm³/mol. The van der Waals surface area contributed by atoms with Crippen molar-refractivity contribution in [2.24, 2.45) is 10.9 Å². The average molecular weight is 427 g/mol. The van der Waals surface area contributed by atoms with Crippen molar-refractivity contribution in [3.8, 4) is 0 Å². The van der Waals surface area contributed by atoms with E-state index in [1.807, 2.05) is 17.0 Å². The zero-order valence-corrected chi connectivity index (χ0v) is 17.4. The molecule has 2 unspecified atom stereocenters. The number of carbonyl (C=O) groups excluding carboxylic acids is 1. The van der Waals surface area contributed by atoms with Crippen LogP contribution in [0, 0.1) is 5.92 Å². The second kappa shape index (κ2) is 7.76. The Kier molecular flexibility index (Phi) is 5.54. The number of thioether (sulfide) groups is 1. The van der Waals surface area contributed by atoms with Gasteiger partial charge >= 0.3 is 0 Å². The smallest absolute Gasteiger partial charge is 0.248 e. The Morgan fingerprint density at radius 2 is 2.04 bits per heavy atom. The minimum absolute atomic E-state index is 0.0876. The summed E-state index contributed by atoms with van der Waals surface area (Å²) in [5.41, 5.74) is 0.793. The number of carbonyl (C=O) groups is 1. The van der Waals surface area contributed by atoms with Gasteiger partial charge in [0.05, 0.1) is 17.5 Å².